The zero-order valence-electron chi connectivity index (χ0n) is 8.82. The molecule has 1 aliphatic rings. The molecule has 2 N–H and O–H groups in total. The summed E-state index contributed by atoms with van der Waals surface area (Å²) >= 11 is 0. The number of aliphatic imine (C=N–C) groups is 1. The van der Waals surface area contributed by atoms with Crippen LogP contribution in [0.2, 0.25) is 0 Å². The number of rotatable bonds is 1. The van der Waals surface area contributed by atoms with Crippen molar-refractivity contribution in [1.82, 2.24) is 9.80 Å². The monoisotopic (exact) mass is 184 g/mol. The first-order valence-electron chi connectivity index (χ1n) is 4.86. The van der Waals surface area contributed by atoms with E-state index in [2.05, 4.69) is 28.6 Å². The Bertz CT molecular complexity index is 180. The second-order valence-electron chi connectivity index (χ2n) is 3.70. The van der Waals surface area contributed by atoms with Crippen LogP contribution < -0.4 is 5.73 Å². The summed E-state index contributed by atoms with van der Waals surface area (Å²) in [6, 6.07) is 0.641. The number of hydrogen-bond donors (Lipinski definition) is 1. The van der Waals surface area contributed by atoms with E-state index in [4.69, 9.17) is 5.73 Å². The molecule has 1 saturated heterocycles. The smallest absolute Gasteiger partial charge is 0.191 e. The van der Waals surface area contributed by atoms with E-state index < -0.39 is 0 Å². The minimum atomic E-state index is 0.641. The molecule has 1 aliphatic heterocycles. The van der Waals surface area contributed by atoms with Crippen molar-refractivity contribution in [2.75, 3.05) is 33.2 Å². The van der Waals surface area contributed by atoms with E-state index in [-0.39, 0.29) is 0 Å². The Morgan fingerprint density at radius 2 is 1.77 bits per heavy atom. The van der Waals surface area contributed by atoms with Gasteiger partial charge in [-0.25, -0.2) is 0 Å². The largest absolute Gasteiger partial charge is 0.370 e. The van der Waals surface area contributed by atoms with Gasteiger partial charge in [0.05, 0.1) is 0 Å². The third-order valence-corrected chi connectivity index (χ3v) is 2.60. The highest BCUT2D eigenvalue weighted by Gasteiger charge is 2.19. The average Bonchev–Trinajstić information content (AvgIpc) is 2.17. The number of piperazine rings is 1. The number of hydrogen-bond acceptors (Lipinski definition) is 2. The Balaban J connectivity index is 2.39. The summed E-state index contributed by atoms with van der Waals surface area (Å²) in [5.74, 6) is 0.670. The first-order valence-corrected chi connectivity index (χ1v) is 4.86. The maximum Gasteiger partial charge on any atom is 0.191 e. The van der Waals surface area contributed by atoms with Crippen LogP contribution in [0.25, 0.3) is 0 Å². The van der Waals surface area contributed by atoms with Gasteiger partial charge in [-0.1, -0.05) is 0 Å². The van der Waals surface area contributed by atoms with E-state index in [0.717, 1.165) is 26.2 Å². The molecule has 1 heterocycles. The molecule has 0 aromatic rings. The second kappa shape index (κ2) is 4.46. The number of nitrogens with two attached hydrogens (primary N) is 1. The first-order chi connectivity index (χ1) is 6.15. The zero-order valence-corrected chi connectivity index (χ0v) is 8.82. The van der Waals surface area contributed by atoms with Crippen molar-refractivity contribution in [3.63, 3.8) is 0 Å². The van der Waals surface area contributed by atoms with Crippen molar-refractivity contribution in [3.8, 4) is 0 Å². The molecule has 0 aromatic heterocycles. The van der Waals surface area contributed by atoms with Gasteiger partial charge in [-0.3, -0.25) is 9.89 Å². The molecule has 76 valence electrons. The molecular weight excluding hydrogens is 164 g/mol. The molecule has 0 unspecified atom stereocenters. The van der Waals surface area contributed by atoms with Gasteiger partial charge in [-0.05, 0) is 13.8 Å². The molecule has 1 fully saturated rings. The average molecular weight is 184 g/mol. The van der Waals surface area contributed by atoms with Crippen molar-refractivity contribution in [2.24, 2.45) is 10.7 Å². The van der Waals surface area contributed by atoms with Crippen LogP contribution in [0.5, 0.6) is 0 Å². The summed E-state index contributed by atoms with van der Waals surface area (Å²) in [4.78, 5) is 8.58. The fraction of sp³-hybridized carbons (Fsp3) is 0.889. The molecule has 4 nitrogen and oxygen atoms in total. The normalized spacial score (nSPS) is 21.2. The van der Waals surface area contributed by atoms with Gasteiger partial charge in [-0.15, -0.1) is 0 Å². The van der Waals surface area contributed by atoms with E-state index in [0.29, 0.717) is 12.0 Å². The summed E-state index contributed by atoms with van der Waals surface area (Å²) in [5.41, 5.74) is 5.73. The van der Waals surface area contributed by atoms with Crippen LogP contribution in [0, 0.1) is 0 Å². The summed E-state index contributed by atoms with van der Waals surface area (Å²) in [6.45, 7) is 8.64. The van der Waals surface area contributed by atoms with Crippen molar-refractivity contribution in [2.45, 2.75) is 19.9 Å². The fourth-order valence-corrected chi connectivity index (χ4v) is 1.61. The first kappa shape index (κ1) is 10.3. The molecule has 0 radical (unpaired) electrons. The molecular formula is C9H20N4. The lowest BCUT2D eigenvalue weighted by Crippen LogP contribution is -2.52. The highest BCUT2D eigenvalue weighted by atomic mass is 15.3. The Morgan fingerprint density at radius 1 is 1.23 bits per heavy atom. The highest BCUT2D eigenvalue weighted by molar-refractivity contribution is 5.77. The van der Waals surface area contributed by atoms with Gasteiger partial charge >= 0.3 is 0 Å². The van der Waals surface area contributed by atoms with Crippen LogP contribution in [0.3, 0.4) is 0 Å². The van der Waals surface area contributed by atoms with Crippen LogP contribution in [0.4, 0.5) is 0 Å². The molecule has 0 aromatic carbocycles. The van der Waals surface area contributed by atoms with Gasteiger partial charge in [0.15, 0.2) is 5.96 Å². The van der Waals surface area contributed by atoms with Crippen molar-refractivity contribution >= 4 is 5.96 Å². The summed E-state index contributed by atoms with van der Waals surface area (Å²) in [7, 11) is 1.74. The predicted molar refractivity (Wildman–Crippen MR) is 55.8 cm³/mol. The maximum atomic E-state index is 5.73. The van der Waals surface area contributed by atoms with Crippen LogP contribution in [0.1, 0.15) is 13.8 Å². The number of nitrogens with zero attached hydrogens (tertiary/aromatic N) is 3. The zero-order chi connectivity index (χ0) is 9.84. The minimum absolute atomic E-state index is 0.641. The molecule has 0 saturated carbocycles. The van der Waals surface area contributed by atoms with Gasteiger partial charge in [0.1, 0.15) is 0 Å². The van der Waals surface area contributed by atoms with Crippen molar-refractivity contribution < 1.29 is 0 Å². The molecule has 13 heavy (non-hydrogen) atoms. The lowest BCUT2D eigenvalue weighted by molar-refractivity contribution is 0.148. The van der Waals surface area contributed by atoms with Gasteiger partial charge < -0.3 is 10.6 Å². The van der Waals surface area contributed by atoms with Crippen LogP contribution in [-0.4, -0.2) is 55.0 Å². The van der Waals surface area contributed by atoms with Gasteiger partial charge in [0, 0.05) is 39.3 Å². The molecule has 0 atom stereocenters. The van der Waals surface area contributed by atoms with Gasteiger partial charge in [0.25, 0.3) is 0 Å². The highest BCUT2D eigenvalue weighted by Crippen LogP contribution is 2.04. The lowest BCUT2D eigenvalue weighted by atomic mass is 10.2. The van der Waals surface area contributed by atoms with E-state index in [1.165, 1.54) is 0 Å². The molecule has 4 heteroatoms. The summed E-state index contributed by atoms with van der Waals surface area (Å²) < 4.78 is 0. The maximum absolute atomic E-state index is 5.73. The Hall–Kier alpha value is -0.770. The molecule has 1 rings (SSSR count). The van der Waals surface area contributed by atoms with E-state index in [9.17, 15) is 0 Å². The summed E-state index contributed by atoms with van der Waals surface area (Å²) in [6.07, 6.45) is 0. The van der Waals surface area contributed by atoms with E-state index in [1.807, 2.05) is 0 Å². The Labute approximate surface area is 80.4 Å². The third-order valence-electron chi connectivity index (χ3n) is 2.60. The second-order valence-corrected chi connectivity index (χ2v) is 3.70. The minimum Gasteiger partial charge on any atom is -0.370 e. The number of guanidine groups is 1. The van der Waals surface area contributed by atoms with Crippen molar-refractivity contribution in [1.29, 1.82) is 0 Å². The molecule has 0 aliphatic carbocycles. The van der Waals surface area contributed by atoms with E-state index >= 15 is 0 Å². The molecule has 0 spiro atoms. The van der Waals surface area contributed by atoms with Gasteiger partial charge in [0.2, 0.25) is 0 Å². The van der Waals surface area contributed by atoms with E-state index in [1.54, 1.807) is 7.05 Å². The Morgan fingerprint density at radius 3 is 2.15 bits per heavy atom. The topological polar surface area (TPSA) is 44.9 Å². The fourth-order valence-electron chi connectivity index (χ4n) is 1.61. The Kier molecular flexibility index (Phi) is 3.54. The summed E-state index contributed by atoms with van der Waals surface area (Å²) in [5, 5.41) is 0. The third kappa shape index (κ3) is 2.59. The quantitative estimate of drug-likeness (QED) is 0.459. The lowest BCUT2D eigenvalue weighted by Gasteiger charge is -2.37. The SMILES string of the molecule is CN=C(N)N1CCN(C(C)C)CC1. The predicted octanol–water partition coefficient (Wildman–Crippen LogP) is -0.0431. The van der Waals surface area contributed by atoms with Crippen LogP contribution >= 0.6 is 0 Å². The molecule has 0 amide bonds. The van der Waals surface area contributed by atoms with Gasteiger partial charge in [-0.2, -0.15) is 0 Å². The van der Waals surface area contributed by atoms with Crippen LogP contribution in [-0.2, 0) is 0 Å². The molecule has 0 bridgehead atoms. The van der Waals surface area contributed by atoms with Crippen LogP contribution in [0.15, 0.2) is 4.99 Å². The standard InChI is InChI=1S/C9H20N4/c1-8(2)12-4-6-13(7-5-12)9(10)11-3/h8H,4-7H2,1-3H3,(H2,10,11). The van der Waals surface area contributed by atoms with Crippen molar-refractivity contribution in [3.05, 3.63) is 0 Å².